The molecule has 114 valence electrons. The quantitative estimate of drug-likeness (QED) is 0.717. The second kappa shape index (κ2) is 8.24. The second-order valence-electron chi connectivity index (χ2n) is 4.62. The number of benzene rings is 1. The van der Waals surface area contributed by atoms with Crippen LogP contribution in [0.3, 0.4) is 0 Å². The van der Waals surface area contributed by atoms with Gasteiger partial charge in [-0.05, 0) is 37.6 Å². The van der Waals surface area contributed by atoms with Crippen molar-refractivity contribution in [1.29, 1.82) is 0 Å². The molecule has 0 spiro atoms. The third-order valence-corrected chi connectivity index (χ3v) is 4.79. The number of rotatable bonds is 9. The monoisotopic (exact) mass is 301 g/mol. The summed E-state index contributed by atoms with van der Waals surface area (Å²) in [7, 11) is -1.90. The Balaban J connectivity index is 2.84. The molecule has 5 nitrogen and oxygen atoms in total. The molecule has 1 aromatic rings. The van der Waals surface area contributed by atoms with E-state index in [1.54, 1.807) is 18.2 Å². The number of nitrogens with one attached hydrogen (secondary N) is 1. The van der Waals surface area contributed by atoms with Crippen molar-refractivity contribution in [2.75, 3.05) is 26.0 Å². The molecule has 1 aromatic carbocycles. The van der Waals surface area contributed by atoms with Gasteiger partial charge in [-0.25, -0.2) is 8.42 Å². The zero-order chi connectivity index (χ0) is 15.0. The van der Waals surface area contributed by atoms with Gasteiger partial charge < -0.3 is 15.2 Å². The molecule has 20 heavy (non-hydrogen) atoms. The van der Waals surface area contributed by atoms with E-state index in [1.165, 1.54) is 13.2 Å². The van der Waals surface area contributed by atoms with E-state index < -0.39 is 9.84 Å². The SMILES string of the molecule is CCCNC(CCO)CS(=O)(=O)c1cccc(OC)c1. The van der Waals surface area contributed by atoms with E-state index in [1.807, 2.05) is 6.92 Å². The summed E-state index contributed by atoms with van der Waals surface area (Å²) in [6, 6.07) is 6.21. The van der Waals surface area contributed by atoms with Crippen molar-refractivity contribution in [2.24, 2.45) is 0 Å². The lowest BCUT2D eigenvalue weighted by atomic mass is 10.2. The van der Waals surface area contributed by atoms with Gasteiger partial charge >= 0.3 is 0 Å². The van der Waals surface area contributed by atoms with Gasteiger partial charge in [-0.2, -0.15) is 0 Å². The Labute approximate surface area is 120 Å². The molecule has 0 heterocycles. The molecule has 2 N–H and O–H groups in total. The number of methoxy groups -OCH3 is 1. The number of ether oxygens (including phenoxy) is 1. The van der Waals surface area contributed by atoms with Crippen molar-refractivity contribution in [1.82, 2.24) is 5.32 Å². The van der Waals surface area contributed by atoms with Gasteiger partial charge in [-0.15, -0.1) is 0 Å². The summed E-state index contributed by atoms with van der Waals surface area (Å²) in [6.45, 7) is 2.72. The Morgan fingerprint density at radius 1 is 1.40 bits per heavy atom. The van der Waals surface area contributed by atoms with Gasteiger partial charge in [-0.1, -0.05) is 13.0 Å². The number of sulfone groups is 1. The molecule has 6 heteroatoms. The molecule has 0 amide bonds. The van der Waals surface area contributed by atoms with Crippen LogP contribution >= 0.6 is 0 Å². The standard InChI is InChI=1S/C14H23NO4S/c1-3-8-15-12(7-9-16)11-20(17,18)14-6-4-5-13(10-14)19-2/h4-6,10,12,15-16H,3,7-9,11H2,1-2H3. The van der Waals surface area contributed by atoms with Crippen LogP contribution in [0.4, 0.5) is 0 Å². The summed E-state index contributed by atoms with van der Waals surface area (Å²) < 4.78 is 29.8. The maximum Gasteiger partial charge on any atom is 0.180 e. The molecule has 1 atom stereocenters. The molecule has 0 bridgehead atoms. The van der Waals surface area contributed by atoms with E-state index in [4.69, 9.17) is 9.84 Å². The summed E-state index contributed by atoms with van der Waals surface area (Å²) >= 11 is 0. The van der Waals surface area contributed by atoms with E-state index in [9.17, 15) is 8.42 Å². The molecular weight excluding hydrogens is 278 g/mol. The van der Waals surface area contributed by atoms with Crippen LogP contribution in [0.1, 0.15) is 19.8 Å². The average molecular weight is 301 g/mol. The molecule has 0 aliphatic rings. The predicted octanol–water partition coefficient (Wildman–Crippen LogP) is 1.22. The van der Waals surface area contributed by atoms with Crippen LogP contribution < -0.4 is 10.1 Å². The fourth-order valence-corrected chi connectivity index (χ4v) is 3.49. The zero-order valence-corrected chi connectivity index (χ0v) is 12.8. The number of aliphatic hydroxyl groups is 1. The summed E-state index contributed by atoms with van der Waals surface area (Å²) in [5.41, 5.74) is 0. The normalized spacial score (nSPS) is 13.2. The van der Waals surface area contributed by atoms with Crippen LogP contribution in [-0.2, 0) is 9.84 Å². The highest BCUT2D eigenvalue weighted by Gasteiger charge is 2.21. The minimum Gasteiger partial charge on any atom is -0.497 e. The molecule has 0 aliphatic heterocycles. The maximum absolute atomic E-state index is 12.4. The lowest BCUT2D eigenvalue weighted by Gasteiger charge is -2.17. The highest BCUT2D eigenvalue weighted by molar-refractivity contribution is 7.91. The van der Waals surface area contributed by atoms with Gasteiger partial charge in [0.05, 0.1) is 17.8 Å². The zero-order valence-electron chi connectivity index (χ0n) is 12.0. The van der Waals surface area contributed by atoms with Gasteiger partial charge in [0.25, 0.3) is 0 Å². The molecule has 0 fully saturated rings. The fraction of sp³-hybridized carbons (Fsp3) is 0.571. The molecular formula is C14H23NO4S. The third-order valence-electron chi connectivity index (χ3n) is 2.98. The first kappa shape index (κ1) is 16.9. The lowest BCUT2D eigenvalue weighted by molar-refractivity contribution is 0.269. The Bertz CT molecular complexity index is 502. The van der Waals surface area contributed by atoms with E-state index >= 15 is 0 Å². The summed E-state index contributed by atoms with van der Waals surface area (Å²) in [4.78, 5) is 0.248. The van der Waals surface area contributed by atoms with Crippen molar-refractivity contribution in [2.45, 2.75) is 30.7 Å². The first-order valence-corrected chi connectivity index (χ1v) is 8.39. The first-order chi connectivity index (χ1) is 9.53. The highest BCUT2D eigenvalue weighted by atomic mass is 32.2. The van der Waals surface area contributed by atoms with E-state index in [-0.39, 0.29) is 23.3 Å². The Morgan fingerprint density at radius 3 is 2.75 bits per heavy atom. The molecule has 0 aliphatic carbocycles. The van der Waals surface area contributed by atoms with Crippen LogP contribution in [-0.4, -0.2) is 45.6 Å². The Kier molecular flexibility index (Phi) is 6.98. The van der Waals surface area contributed by atoms with Crippen LogP contribution in [0.15, 0.2) is 29.2 Å². The van der Waals surface area contributed by atoms with Crippen LogP contribution in [0.2, 0.25) is 0 Å². The van der Waals surface area contributed by atoms with Gasteiger partial charge in [0.1, 0.15) is 5.75 Å². The summed E-state index contributed by atoms with van der Waals surface area (Å²) in [6.07, 6.45) is 1.34. The smallest absolute Gasteiger partial charge is 0.180 e. The van der Waals surface area contributed by atoms with E-state index in [0.29, 0.717) is 12.2 Å². The van der Waals surface area contributed by atoms with Crippen LogP contribution in [0.5, 0.6) is 5.75 Å². The first-order valence-electron chi connectivity index (χ1n) is 6.74. The van der Waals surface area contributed by atoms with Crippen molar-refractivity contribution < 1.29 is 18.3 Å². The maximum atomic E-state index is 12.4. The molecule has 1 rings (SSSR count). The molecule has 0 aromatic heterocycles. The number of hydrogen-bond acceptors (Lipinski definition) is 5. The van der Waals surface area contributed by atoms with Gasteiger partial charge in [0.15, 0.2) is 9.84 Å². The average Bonchev–Trinajstić information content (AvgIpc) is 2.45. The van der Waals surface area contributed by atoms with Gasteiger partial charge in [0.2, 0.25) is 0 Å². The minimum absolute atomic E-state index is 0.0271. The fourth-order valence-electron chi connectivity index (χ4n) is 1.90. The number of hydrogen-bond donors (Lipinski definition) is 2. The van der Waals surface area contributed by atoms with Gasteiger partial charge in [-0.3, -0.25) is 0 Å². The predicted molar refractivity (Wildman–Crippen MR) is 78.8 cm³/mol. The number of aliphatic hydroxyl groups excluding tert-OH is 1. The molecule has 0 saturated carbocycles. The Hall–Kier alpha value is -1.11. The van der Waals surface area contributed by atoms with Crippen LogP contribution in [0.25, 0.3) is 0 Å². The highest BCUT2D eigenvalue weighted by Crippen LogP contribution is 2.19. The minimum atomic E-state index is -3.40. The summed E-state index contributed by atoms with van der Waals surface area (Å²) in [5, 5.41) is 12.2. The van der Waals surface area contributed by atoms with Crippen molar-refractivity contribution in [3.8, 4) is 5.75 Å². The van der Waals surface area contributed by atoms with E-state index in [0.717, 1.165) is 13.0 Å². The topological polar surface area (TPSA) is 75.6 Å². The van der Waals surface area contributed by atoms with E-state index in [2.05, 4.69) is 5.32 Å². The Morgan fingerprint density at radius 2 is 2.15 bits per heavy atom. The molecule has 0 radical (unpaired) electrons. The largest absolute Gasteiger partial charge is 0.497 e. The second-order valence-corrected chi connectivity index (χ2v) is 6.66. The summed E-state index contributed by atoms with van der Waals surface area (Å²) in [5.74, 6) is 0.493. The van der Waals surface area contributed by atoms with Crippen molar-refractivity contribution >= 4 is 9.84 Å². The third kappa shape index (κ3) is 5.11. The van der Waals surface area contributed by atoms with Crippen molar-refractivity contribution in [3.05, 3.63) is 24.3 Å². The molecule has 1 unspecified atom stereocenters. The van der Waals surface area contributed by atoms with Gasteiger partial charge in [0, 0.05) is 12.6 Å². The lowest BCUT2D eigenvalue weighted by Crippen LogP contribution is -2.37. The van der Waals surface area contributed by atoms with Crippen LogP contribution in [0, 0.1) is 0 Å². The van der Waals surface area contributed by atoms with Crippen molar-refractivity contribution in [3.63, 3.8) is 0 Å². The molecule has 0 saturated heterocycles.